The third kappa shape index (κ3) is 3.14. The fraction of sp³-hybridized carbons (Fsp3) is 0.158. The van der Waals surface area contributed by atoms with Crippen LogP contribution in [0, 0.1) is 13.8 Å². The number of alkyl halides is 3. The quantitative estimate of drug-likeness (QED) is 0.522. The first-order valence-electron chi connectivity index (χ1n) is 8.16. The number of halogens is 3. The number of rotatable bonds is 2. The lowest BCUT2D eigenvalue weighted by Crippen LogP contribution is -2.04. The fourth-order valence-corrected chi connectivity index (χ4v) is 2.80. The highest BCUT2D eigenvalue weighted by molar-refractivity contribution is 5.83. The Kier molecular flexibility index (Phi) is 3.91. The number of pyridine rings is 1. The van der Waals surface area contributed by atoms with Crippen LogP contribution >= 0.6 is 0 Å². The first-order valence-corrected chi connectivity index (χ1v) is 8.16. The van der Waals surface area contributed by atoms with Gasteiger partial charge in [-0.1, -0.05) is 0 Å². The first kappa shape index (κ1) is 17.1. The second-order valence-corrected chi connectivity index (χ2v) is 6.19. The van der Waals surface area contributed by atoms with Crippen molar-refractivity contribution in [2.75, 3.05) is 0 Å². The zero-order valence-corrected chi connectivity index (χ0v) is 14.5. The lowest BCUT2D eigenvalue weighted by atomic mass is 10.2. The number of hydrogen-bond acceptors (Lipinski definition) is 4. The van der Waals surface area contributed by atoms with E-state index < -0.39 is 11.7 Å². The van der Waals surface area contributed by atoms with Crippen LogP contribution < -0.4 is 0 Å². The molecule has 4 aromatic rings. The molecule has 0 amide bonds. The van der Waals surface area contributed by atoms with Crippen molar-refractivity contribution in [3.8, 4) is 17.2 Å². The zero-order valence-electron chi connectivity index (χ0n) is 14.5. The summed E-state index contributed by atoms with van der Waals surface area (Å²) in [6, 6.07) is 10.7. The Morgan fingerprint density at radius 2 is 1.67 bits per heavy atom. The van der Waals surface area contributed by atoms with Crippen LogP contribution in [-0.4, -0.2) is 24.7 Å². The van der Waals surface area contributed by atoms with E-state index in [9.17, 15) is 13.2 Å². The minimum absolute atomic E-state index is 0.225. The molecule has 1 aromatic carbocycles. The molecule has 27 heavy (non-hydrogen) atoms. The molecule has 4 rings (SSSR count). The van der Waals surface area contributed by atoms with Crippen LogP contribution in [0.4, 0.5) is 13.2 Å². The maximum absolute atomic E-state index is 13.1. The average Bonchev–Trinajstić information content (AvgIpc) is 3.01. The highest BCUT2D eigenvalue weighted by atomic mass is 19.4. The number of hydrogen-bond donors (Lipinski definition) is 0. The Bertz CT molecular complexity index is 1110. The summed E-state index contributed by atoms with van der Waals surface area (Å²) in [6.45, 7) is 3.66. The molecule has 0 saturated carbocycles. The van der Waals surface area contributed by atoms with Gasteiger partial charge in [0.15, 0.2) is 5.82 Å². The topological polar surface area (TPSA) is 56.5 Å². The SMILES string of the molecule is Cc1ccc(-n2c(-c3ccc(C)nn3)nc3cc(C(F)(F)F)ccc32)cn1. The van der Waals surface area contributed by atoms with E-state index in [0.29, 0.717) is 22.7 Å². The standard InChI is InChI=1S/C19H14F3N5/c1-11-3-6-14(10-23-11)27-17-8-5-13(19(20,21)22)9-16(17)24-18(27)15-7-4-12(2)25-26-15/h3-10H,1-2H3. The number of aromatic nitrogens is 5. The van der Waals surface area contributed by atoms with Gasteiger partial charge in [0.25, 0.3) is 0 Å². The molecule has 0 unspecified atom stereocenters. The molecule has 0 aliphatic heterocycles. The highest BCUT2D eigenvalue weighted by Crippen LogP contribution is 2.33. The van der Waals surface area contributed by atoms with E-state index in [1.165, 1.54) is 6.07 Å². The molecule has 8 heteroatoms. The maximum atomic E-state index is 13.1. The monoisotopic (exact) mass is 369 g/mol. The molecule has 0 aliphatic carbocycles. The van der Waals surface area contributed by atoms with E-state index >= 15 is 0 Å². The van der Waals surface area contributed by atoms with Crippen molar-refractivity contribution < 1.29 is 13.2 Å². The predicted molar refractivity (Wildman–Crippen MR) is 94.4 cm³/mol. The van der Waals surface area contributed by atoms with Crippen molar-refractivity contribution in [2.24, 2.45) is 0 Å². The average molecular weight is 369 g/mol. The molecular weight excluding hydrogens is 355 g/mol. The second kappa shape index (κ2) is 6.15. The molecule has 0 saturated heterocycles. The van der Waals surface area contributed by atoms with E-state index in [1.807, 2.05) is 19.1 Å². The van der Waals surface area contributed by atoms with E-state index in [4.69, 9.17) is 0 Å². The van der Waals surface area contributed by atoms with Crippen molar-refractivity contribution in [2.45, 2.75) is 20.0 Å². The van der Waals surface area contributed by atoms with Gasteiger partial charge in [-0.25, -0.2) is 4.98 Å². The molecular formula is C19H14F3N5. The van der Waals surface area contributed by atoms with Crippen molar-refractivity contribution in [1.29, 1.82) is 0 Å². The summed E-state index contributed by atoms with van der Waals surface area (Å²) in [5.41, 5.74) is 2.72. The Morgan fingerprint density at radius 3 is 2.30 bits per heavy atom. The summed E-state index contributed by atoms with van der Waals surface area (Å²) < 4.78 is 41.0. The third-order valence-electron chi connectivity index (χ3n) is 4.16. The predicted octanol–water partition coefficient (Wildman–Crippen LogP) is 4.51. The molecule has 0 bridgehead atoms. The summed E-state index contributed by atoms with van der Waals surface area (Å²) >= 11 is 0. The fourth-order valence-electron chi connectivity index (χ4n) is 2.80. The number of fused-ring (bicyclic) bond motifs is 1. The van der Waals surface area contributed by atoms with E-state index in [0.717, 1.165) is 23.5 Å². The van der Waals surface area contributed by atoms with Crippen LogP contribution in [0.15, 0.2) is 48.7 Å². The van der Waals surface area contributed by atoms with Gasteiger partial charge in [-0.2, -0.15) is 18.3 Å². The summed E-state index contributed by atoms with van der Waals surface area (Å²) in [5, 5.41) is 8.18. The van der Waals surface area contributed by atoms with Crippen molar-refractivity contribution >= 4 is 11.0 Å². The van der Waals surface area contributed by atoms with Gasteiger partial charge < -0.3 is 0 Å². The second-order valence-electron chi connectivity index (χ2n) is 6.19. The van der Waals surface area contributed by atoms with Gasteiger partial charge in [-0.3, -0.25) is 9.55 Å². The van der Waals surface area contributed by atoms with Crippen molar-refractivity contribution in [3.05, 3.63) is 65.6 Å². The molecule has 0 aliphatic rings. The summed E-state index contributed by atoms with van der Waals surface area (Å²) in [6.07, 6.45) is -2.79. The number of imidazole rings is 1. The van der Waals surface area contributed by atoms with Crippen LogP contribution in [0.2, 0.25) is 0 Å². The first-order chi connectivity index (χ1) is 12.8. The van der Waals surface area contributed by atoms with Crippen molar-refractivity contribution in [3.63, 3.8) is 0 Å². The van der Waals surface area contributed by atoms with Gasteiger partial charge in [0.1, 0.15) is 5.69 Å². The summed E-state index contributed by atoms with van der Waals surface area (Å²) in [5.74, 6) is 0.405. The largest absolute Gasteiger partial charge is 0.416 e. The molecule has 3 heterocycles. The number of nitrogens with zero attached hydrogens (tertiary/aromatic N) is 5. The third-order valence-corrected chi connectivity index (χ3v) is 4.16. The normalized spacial score (nSPS) is 11.9. The summed E-state index contributed by atoms with van der Waals surface area (Å²) in [7, 11) is 0. The minimum atomic E-state index is -4.44. The van der Waals surface area contributed by atoms with Gasteiger partial charge in [-0.15, -0.1) is 5.10 Å². The van der Waals surface area contributed by atoms with Crippen LogP contribution in [-0.2, 0) is 6.18 Å². The summed E-state index contributed by atoms with van der Waals surface area (Å²) in [4.78, 5) is 8.70. The smallest absolute Gasteiger partial charge is 0.289 e. The van der Waals surface area contributed by atoms with Crippen LogP contribution in [0.1, 0.15) is 17.0 Å². The molecule has 0 atom stereocenters. The lowest BCUT2D eigenvalue weighted by Gasteiger charge is -2.09. The minimum Gasteiger partial charge on any atom is -0.289 e. The van der Waals surface area contributed by atoms with E-state index in [1.54, 1.807) is 29.8 Å². The Hall–Kier alpha value is -3.29. The van der Waals surface area contributed by atoms with Gasteiger partial charge in [-0.05, 0) is 56.3 Å². The maximum Gasteiger partial charge on any atom is 0.416 e. The van der Waals surface area contributed by atoms with Crippen molar-refractivity contribution in [1.82, 2.24) is 24.7 Å². The molecule has 0 fully saturated rings. The molecule has 0 spiro atoms. The van der Waals surface area contributed by atoms with Crippen LogP contribution in [0.5, 0.6) is 0 Å². The molecule has 0 N–H and O–H groups in total. The van der Waals surface area contributed by atoms with Gasteiger partial charge in [0, 0.05) is 5.69 Å². The Labute approximate surface area is 152 Å². The Balaban J connectivity index is 2.00. The lowest BCUT2D eigenvalue weighted by molar-refractivity contribution is -0.137. The van der Waals surface area contributed by atoms with Crippen LogP contribution in [0.3, 0.4) is 0 Å². The highest BCUT2D eigenvalue weighted by Gasteiger charge is 2.31. The molecule has 3 aromatic heterocycles. The molecule has 5 nitrogen and oxygen atoms in total. The molecule has 0 radical (unpaired) electrons. The van der Waals surface area contributed by atoms with Crippen LogP contribution in [0.25, 0.3) is 28.2 Å². The van der Waals surface area contributed by atoms with Gasteiger partial charge in [0.2, 0.25) is 0 Å². The number of benzene rings is 1. The number of aryl methyl sites for hydroxylation is 2. The zero-order chi connectivity index (χ0) is 19.2. The van der Waals surface area contributed by atoms with Gasteiger partial charge in [0.05, 0.1) is 34.2 Å². The molecule has 136 valence electrons. The van der Waals surface area contributed by atoms with E-state index in [-0.39, 0.29) is 5.52 Å². The Morgan fingerprint density at radius 1 is 0.889 bits per heavy atom. The van der Waals surface area contributed by atoms with E-state index in [2.05, 4.69) is 20.2 Å². The van der Waals surface area contributed by atoms with Gasteiger partial charge >= 0.3 is 6.18 Å².